The Hall–Kier alpha value is -1.92. The van der Waals surface area contributed by atoms with Crippen LogP contribution < -0.4 is 5.32 Å². The molecular formula is C55H103NO5. The molecule has 61 heavy (non-hydrogen) atoms. The van der Waals surface area contributed by atoms with Crippen molar-refractivity contribution < 1.29 is 24.5 Å². The molecule has 3 N–H and O–H groups in total. The van der Waals surface area contributed by atoms with E-state index in [1.54, 1.807) is 6.08 Å². The van der Waals surface area contributed by atoms with Gasteiger partial charge < -0.3 is 20.3 Å². The normalized spacial score (nSPS) is 12.9. The molecule has 0 aromatic carbocycles. The van der Waals surface area contributed by atoms with Crippen LogP contribution in [0, 0.1) is 0 Å². The van der Waals surface area contributed by atoms with Gasteiger partial charge in [0.2, 0.25) is 5.91 Å². The number of esters is 1. The molecule has 0 heterocycles. The van der Waals surface area contributed by atoms with E-state index in [9.17, 15) is 19.8 Å². The molecule has 0 aromatic heterocycles. The van der Waals surface area contributed by atoms with Crippen LogP contribution in [0.4, 0.5) is 0 Å². The standard InChI is InChI=1S/C55H103NO5/c1-3-5-7-9-11-13-15-17-18-19-20-21-22-24-29-33-37-41-45-49-55(60)61-50-46-42-38-34-30-26-25-28-32-36-40-44-48-54(59)56-52(51-57)53(58)47-43-39-35-31-27-23-16-14-12-10-8-6-4-2/h17-18,26,30,43,47,52-53,57-58H,3-16,19-25,27-29,31-42,44-46,48-51H2,1-2H3,(H,56,59)/b18-17-,30-26-,47-43+. The summed E-state index contributed by atoms with van der Waals surface area (Å²) in [6.45, 7) is 4.83. The van der Waals surface area contributed by atoms with E-state index in [1.807, 2.05) is 6.08 Å². The first-order valence-corrected chi connectivity index (χ1v) is 26.8. The summed E-state index contributed by atoms with van der Waals surface area (Å²) in [7, 11) is 0. The monoisotopic (exact) mass is 858 g/mol. The maximum Gasteiger partial charge on any atom is 0.305 e. The van der Waals surface area contributed by atoms with Crippen LogP contribution in [0.1, 0.15) is 277 Å². The lowest BCUT2D eigenvalue weighted by Crippen LogP contribution is -2.45. The van der Waals surface area contributed by atoms with E-state index < -0.39 is 12.1 Å². The van der Waals surface area contributed by atoms with Gasteiger partial charge in [-0.2, -0.15) is 0 Å². The number of aliphatic hydroxyl groups is 2. The van der Waals surface area contributed by atoms with E-state index in [1.165, 1.54) is 167 Å². The predicted molar refractivity (Wildman–Crippen MR) is 264 cm³/mol. The van der Waals surface area contributed by atoms with Crippen molar-refractivity contribution in [3.05, 3.63) is 36.5 Å². The summed E-state index contributed by atoms with van der Waals surface area (Å²) in [5.41, 5.74) is 0. The molecule has 2 unspecified atom stereocenters. The number of rotatable bonds is 49. The quantitative estimate of drug-likeness (QED) is 0.0322. The Balaban J connectivity index is 3.51. The van der Waals surface area contributed by atoms with E-state index in [-0.39, 0.29) is 18.5 Å². The second-order valence-corrected chi connectivity index (χ2v) is 18.2. The Kier molecular flexibility index (Phi) is 49.1. The lowest BCUT2D eigenvalue weighted by atomic mass is 10.0. The average Bonchev–Trinajstić information content (AvgIpc) is 3.26. The van der Waals surface area contributed by atoms with E-state index in [0.29, 0.717) is 19.4 Å². The minimum absolute atomic E-state index is 0.0254. The number of carbonyl (C=O) groups excluding carboxylic acids is 2. The molecule has 0 spiro atoms. The van der Waals surface area contributed by atoms with Crippen molar-refractivity contribution >= 4 is 11.9 Å². The third kappa shape index (κ3) is 47.4. The van der Waals surface area contributed by atoms with E-state index in [4.69, 9.17) is 4.74 Å². The second-order valence-electron chi connectivity index (χ2n) is 18.2. The van der Waals surface area contributed by atoms with Crippen molar-refractivity contribution in [2.75, 3.05) is 13.2 Å². The average molecular weight is 858 g/mol. The van der Waals surface area contributed by atoms with Gasteiger partial charge in [-0.25, -0.2) is 0 Å². The molecule has 0 saturated heterocycles. The van der Waals surface area contributed by atoms with Crippen molar-refractivity contribution in [3.8, 4) is 0 Å². The molecule has 6 nitrogen and oxygen atoms in total. The molecule has 0 aliphatic rings. The van der Waals surface area contributed by atoms with E-state index in [2.05, 4.69) is 43.5 Å². The van der Waals surface area contributed by atoms with E-state index in [0.717, 1.165) is 83.5 Å². The van der Waals surface area contributed by atoms with Gasteiger partial charge in [0.25, 0.3) is 0 Å². The summed E-state index contributed by atoms with van der Waals surface area (Å²) in [4.78, 5) is 24.5. The van der Waals surface area contributed by atoms with Gasteiger partial charge in [0, 0.05) is 12.8 Å². The molecular weight excluding hydrogens is 755 g/mol. The highest BCUT2D eigenvalue weighted by molar-refractivity contribution is 5.76. The highest BCUT2D eigenvalue weighted by atomic mass is 16.5. The first kappa shape index (κ1) is 59.1. The molecule has 6 heteroatoms. The number of aliphatic hydroxyl groups excluding tert-OH is 2. The highest BCUT2D eigenvalue weighted by Crippen LogP contribution is 2.15. The minimum Gasteiger partial charge on any atom is -0.466 e. The van der Waals surface area contributed by atoms with Crippen LogP contribution in [0.3, 0.4) is 0 Å². The SMILES string of the molecule is CCCCCCCC/C=C\CCCCCCCCCCCC(=O)OCCCCC/C=C\CCCCCCCC(=O)NC(CO)C(O)/C=C/CCCCCCCCCCCCC. The number of nitrogens with one attached hydrogen (secondary N) is 1. The number of unbranched alkanes of at least 4 members (excludes halogenated alkanes) is 34. The van der Waals surface area contributed by atoms with Crippen LogP contribution in [0.25, 0.3) is 0 Å². The Morgan fingerprint density at radius 3 is 1.16 bits per heavy atom. The molecule has 0 bridgehead atoms. The van der Waals surface area contributed by atoms with Crippen molar-refractivity contribution in [2.45, 2.75) is 289 Å². The van der Waals surface area contributed by atoms with Crippen LogP contribution in [0.15, 0.2) is 36.5 Å². The number of carbonyl (C=O) groups is 2. The summed E-state index contributed by atoms with van der Waals surface area (Å²) in [5, 5.41) is 23.0. The summed E-state index contributed by atoms with van der Waals surface area (Å²) >= 11 is 0. The molecule has 2 atom stereocenters. The molecule has 0 aromatic rings. The molecule has 0 rings (SSSR count). The smallest absolute Gasteiger partial charge is 0.305 e. The molecule has 0 fully saturated rings. The van der Waals surface area contributed by atoms with Crippen LogP contribution in [-0.2, 0) is 14.3 Å². The largest absolute Gasteiger partial charge is 0.466 e. The zero-order valence-electron chi connectivity index (χ0n) is 40.6. The van der Waals surface area contributed by atoms with Gasteiger partial charge in [-0.1, -0.05) is 211 Å². The molecule has 1 amide bonds. The zero-order valence-corrected chi connectivity index (χ0v) is 40.6. The lowest BCUT2D eigenvalue weighted by molar-refractivity contribution is -0.143. The molecule has 0 aliphatic heterocycles. The van der Waals surface area contributed by atoms with Gasteiger partial charge in [0.1, 0.15) is 0 Å². The third-order valence-electron chi connectivity index (χ3n) is 12.1. The van der Waals surface area contributed by atoms with Crippen molar-refractivity contribution in [2.24, 2.45) is 0 Å². The third-order valence-corrected chi connectivity index (χ3v) is 12.1. The molecule has 0 radical (unpaired) electrons. The van der Waals surface area contributed by atoms with Crippen LogP contribution in [-0.4, -0.2) is 47.4 Å². The van der Waals surface area contributed by atoms with E-state index >= 15 is 0 Å². The van der Waals surface area contributed by atoms with Gasteiger partial charge in [-0.15, -0.1) is 0 Å². The van der Waals surface area contributed by atoms with Crippen LogP contribution in [0.5, 0.6) is 0 Å². The number of amides is 1. The fraction of sp³-hybridized carbons (Fsp3) is 0.855. The Labute approximate surface area is 379 Å². The Morgan fingerprint density at radius 2 is 0.770 bits per heavy atom. The van der Waals surface area contributed by atoms with Crippen molar-refractivity contribution in [1.82, 2.24) is 5.32 Å². The topological polar surface area (TPSA) is 95.9 Å². The van der Waals surface area contributed by atoms with Gasteiger partial charge in [-0.3, -0.25) is 9.59 Å². The second kappa shape index (κ2) is 50.7. The highest BCUT2D eigenvalue weighted by Gasteiger charge is 2.18. The van der Waals surface area contributed by atoms with Gasteiger partial charge in [0.15, 0.2) is 0 Å². The fourth-order valence-corrected chi connectivity index (χ4v) is 7.97. The molecule has 358 valence electrons. The summed E-state index contributed by atoms with van der Waals surface area (Å²) in [6, 6.07) is -0.646. The summed E-state index contributed by atoms with van der Waals surface area (Å²) in [6.07, 6.45) is 61.5. The maximum absolute atomic E-state index is 12.4. The number of ether oxygens (including phenoxy) is 1. The first-order chi connectivity index (χ1) is 30.0. The van der Waals surface area contributed by atoms with Gasteiger partial charge >= 0.3 is 5.97 Å². The number of hydrogen-bond donors (Lipinski definition) is 3. The summed E-state index contributed by atoms with van der Waals surface area (Å²) < 4.78 is 5.46. The minimum atomic E-state index is -0.860. The van der Waals surface area contributed by atoms with Crippen LogP contribution >= 0.6 is 0 Å². The Morgan fingerprint density at radius 1 is 0.443 bits per heavy atom. The summed E-state index contributed by atoms with van der Waals surface area (Å²) in [5.74, 6) is -0.120. The van der Waals surface area contributed by atoms with Crippen LogP contribution in [0.2, 0.25) is 0 Å². The fourth-order valence-electron chi connectivity index (χ4n) is 7.97. The zero-order chi connectivity index (χ0) is 44.4. The van der Waals surface area contributed by atoms with Crippen molar-refractivity contribution in [1.29, 1.82) is 0 Å². The van der Waals surface area contributed by atoms with Crippen molar-refractivity contribution in [3.63, 3.8) is 0 Å². The predicted octanol–water partition coefficient (Wildman–Crippen LogP) is 16.1. The maximum atomic E-state index is 12.4. The number of hydrogen-bond acceptors (Lipinski definition) is 5. The van der Waals surface area contributed by atoms with Gasteiger partial charge in [0.05, 0.1) is 25.4 Å². The number of allylic oxidation sites excluding steroid dienone is 5. The first-order valence-electron chi connectivity index (χ1n) is 26.8. The van der Waals surface area contributed by atoms with Gasteiger partial charge in [-0.05, 0) is 89.9 Å². The molecule has 0 aliphatic carbocycles. The lowest BCUT2D eigenvalue weighted by Gasteiger charge is -2.20. The Bertz CT molecular complexity index is 993. The molecule has 0 saturated carbocycles.